The maximum Gasteiger partial charge on any atom is 0.302 e. The molecule has 0 amide bonds. The van der Waals surface area contributed by atoms with Crippen molar-refractivity contribution in [1.29, 1.82) is 0 Å². The maximum atomic E-state index is 13.5. The Morgan fingerprint density at radius 2 is 2.00 bits per heavy atom. The summed E-state index contributed by atoms with van der Waals surface area (Å²) in [5, 5.41) is 0.353. The zero-order chi connectivity index (χ0) is 14.1. The topological polar surface area (TPSA) is 81.0 Å². The van der Waals surface area contributed by atoms with Crippen molar-refractivity contribution in [1.82, 2.24) is 9.97 Å². The molecule has 0 saturated carbocycles. The van der Waals surface area contributed by atoms with Gasteiger partial charge in [-0.3, -0.25) is 9.78 Å². The molecule has 1 aromatic heterocycles. The summed E-state index contributed by atoms with van der Waals surface area (Å²) in [6.45, 7) is 0. The van der Waals surface area contributed by atoms with Crippen molar-refractivity contribution < 1.29 is 9.13 Å². The lowest BCUT2D eigenvalue weighted by Gasteiger charge is -2.06. The largest absolute Gasteiger partial charge is 0.422 e. The van der Waals surface area contributed by atoms with Crippen LogP contribution in [0.15, 0.2) is 47.3 Å². The molecule has 5 nitrogen and oxygen atoms in total. The van der Waals surface area contributed by atoms with Gasteiger partial charge in [-0.25, -0.2) is 4.39 Å². The number of fused-ring (bicyclic) bond motifs is 1. The van der Waals surface area contributed by atoms with Gasteiger partial charge >= 0.3 is 6.01 Å². The average Bonchev–Trinajstić information content (AvgIpc) is 2.42. The van der Waals surface area contributed by atoms with Crippen molar-refractivity contribution in [2.45, 2.75) is 0 Å². The van der Waals surface area contributed by atoms with Crippen LogP contribution < -0.4 is 16.0 Å². The number of nitrogens with two attached hydrogens (primary N) is 1. The fourth-order valence-corrected chi connectivity index (χ4v) is 1.81. The third-order valence-corrected chi connectivity index (χ3v) is 2.75. The molecule has 2 aromatic carbocycles. The van der Waals surface area contributed by atoms with Crippen LogP contribution in [-0.4, -0.2) is 9.97 Å². The van der Waals surface area contributed by atoms with Crippen LogP contribution in [0.3, 0.4) is 0 Å². The SMILES string of the molecule is Nc1ccc2nc(Oc3ccccc3F)[nH]c(=O)c2c1. The normalized spacial score (nSPS) is 10.7. The Morgan fingerprint density at radius 1 is 1.20 bits per heavy atom. The van der Waals surface area contributed by atoms with E-state index >= 15 is 0 Å². The second-order valence-corrected chi connectivity index (χ2v) is 4.18. The lowest BCUT2D eigenvalue weighted by molar-refractivity contribution is 0.412. The molecule has 0 aliphatic rings. The molecule has 3 N–H and O–H groups in total. The number of nitrogens with zero attached hydrogens (tertiary/aromatic N) is 1. The first kappa shape index (κ1) is 12.2. The summed E-state index contributed by atoms with van der Waals surface area (Å²) in [5.41, 5.74) is 6.11. The molecule has 3 rings (SSSR count). The predicted octanol–water partition coefficient (Wildman–Crippen LogP) is 2.44. The highest BCUT2D eigenvalue weighted by atomic mass is 19.1. The standard InChI is InChI=1S/C14H10FN3O2/c15-10-3-1-2-4-12(10)20-14-17-11-6-5-8(16)7-9(11)13(19)18-14/h1-7H,16H2,(H,17,18,19). The maximum absolute atomic E-state index is 13.5. The van der Waals surface area contributed by atoms with E-state index in [1.807, 2.05) is 0 Å². The highest BCUT2D eigenvalue weighted by Gasteiger charge is 2.08. The van der Waals surface area contributed by atoms with Crippen molar-refractivity contribution >= 4 is 16.6 Å². The van der Waals surface area contributed by atoms with E-state index < -0.39 is 11.4 Å². The molecule has 1 heterocycles. The second-order valence-electron chi connectivity index (χ2n) is 4.18. The molecule has 0 aliphatic heterocycles. The minimum Gasteiger partial charge on any atom is -0.422 e. The number of ether oxygens (including phenoxy) is 1. The van der Waals surface area contributed by atoms with E-state index in [4.69, 9.17) is 10.5 Å². The minimum absolute atomic E-state index is 0.00885. The molecule has 3 aromatic rings. The highest BCUT2D eigenvalue weighted by molar-refractivity contribution is 5.81. The van der Waals surface area contributed by atoms with Crippen LogP contribution >= 0.6 is 0 Å². The van der Waals surface area contributed by atoms with Crippen molar-refractivity contribution in [2.75, 3.05) is 5.73 Å². The van der Waals surface area contributed by atoms with Crippen molar-refractivity contribution in [2.24, 2.45) is 0 Å². The summed E-state index contributed by atoms with van der Waals surface area (Å²) in [6, 6.07) is 10.6. The molecule has 0 radical (unpaired) electrons. The first-order valence-corrected chi connectivity index (χ1v) is 5.85. The summed E-state index contributed by atoms with van der Waals surface area (Å²) < 4.78 is 18.7. The highest BCUT2D eigenvalue weighted by Crippen LogP contribution is 2.21. The average molecular weight is 271 g/mol. The minimum atomic E-state index is -0.535. The van der Waals surface area contributed by atoms with Gasteiger partial charge in [0.25, 0.3) is 5.56 Å². The van der Waals surface area contributed by atoms with Crippen LogP contribution in [-0.2, 0) is 0 Å². The van der Waals surface area contributed by atoms with Crippen LogP contribution in [0.4, 0.5) is 10.1 Å². The number of anilines is 1. The first-order valence-electron chi connectivity index (χ1n) is 5.85. The lowest BCUT2D eigenvalue weighted by atomic mass is 10.2. The number of rotatable bonds is 2. The zero-order valence-electron chi connectivity index (χ0n) is 10.3. The number of aromatic amines is 1. The molecule has 0 aliphatic carbocycles. The van der Waals surface area contributed by atoms with Gasteiger partial charge < -0.3 is 10.5 Å². The third kappa shape index (κ3) is 2.18. The Morgan fingerprint density at radius 3 is 2.80 bits per heavy atom. The number of nitrogens with one attached hydrogen (secondary N) is 1. The zero-order valence-corrected chi connectivity index (χ0v) is 10.3. The Labute approximate surface area is 112 Å². The molecule has 0 atom stereocenters. The number of H-pyrrole nitrogens is 1. The number of halogens is 1. The van der Waals surface area contributed by atoms with Crippen LogP contribution in [0.25, 0.3) is 10.9 Å². The van der Waals surface area contributed by atoms with Crippen LogP contribution in [0.5, 0.6) is 11.8 Å². The van der Waals surface area contributed by atoms with Gasteiger partial charge in [-0.05, 0) is 30.3 Å². The molecule has 20 heavy (non-hydrogen) atoms. The predicted molar refractivity (Wildman–Crippen MR) is 73.3 cm³/mol. The number of aromatic nitrogens is 2. The van der Waals surface area contributed by atoms with Gasteiger partial charge in [-0.1, -0.05) is 12.1 Å². The molecule has 0 fully saturated rings. The summed E-state index contributed by atoms with van der Waals surface area (Å²) in [7, 11) is 0. The molecule has 100 valence electrons. The molecule has 0 saturated heterocycles. The number of nitrogen functional groups attached to an aromatic ring is 1. The number of hydrogen-bond donors (Lipinski definition) is 2. The lowest BCUT2D eigenvalue weighted by Crippen LogP contribution is -2.10. The third-order valence-electron chi connectivity index (χ3n) is 2.75. The Hall–Kier alpha value is -2.89. The van der Waals surface area contributed by atoms with E-state index in [0.717, 1.165) is 0 Å². The van der Waals surface area contributed by atoms with Gasteiger partial charge in [0.2, 0.25) is 0 Å². The molecule has 0 bridgehead atoms. The Kier molecular flexibility index (Phi) is 2.83. The molecular formula is C14H10FN3O2. The van der Waals surface area contributed by atoms with E-state index in [0.29, 0.717) is 16.6 Å². The molecular weight excluding hydrogens is 261 g/mol. The smallest absolute Gasteiger partial charge is 0.302 e. The Balaban J connectivity index is 2.08. The summed E-state index contributed by atoms with van der Waals surface area (Å²) in [4.78, 5) is 18.5. The fourth-order valence-electron chi connectivity index (χ4n) is 1.81. The molecule has 6 heteroatoms. The number of benzene rings is 2. The first-order chi connectivity index (χ1) is 9.63. The molecule has 0 spiro atoms. The Bertz CT molecular complexity index is 845. The summed E-state index contributed by atoms with van der Waals surface area (Å²) in [5.74, 6) is -0.544. The van der Waals surface area contributed by atoms with Gasteiger partial charge in [0.15, 0.2) is 11.6 Å². The van der Waals surface area contributed by atoms with Crippen LogP contribution in [0, 0.1) is 5.82 Å². The van der Waals surface area contributed by atoms with Gasteiger partial charge in [0, 0.05) is 5.69 Å². The second kappa shape index (κ2) is 4.65. The molecule has 0 unspecified atom stereocenters. The van der Waals surface area contributed by atoms with Crippen molar-refractivity contribution in [3.05, 3.63) is 58.6 Å². The van der Waals surface area contributed by atoms with E-state index in [-0.39, 0.29) is 11.8 Å². The van der Waals surface area contributed by atoms with E-state index in [9.17, 15) is 9.18 Å². The van der Waals surface area contributed by atoms with Gasteiger partial charge in [0.1, 0.15) is 0 Å². The van der Waals surface area contributed by atoms with Crippen LogP contribution in [0.1, 0.15) is 0 Å². The van der Waals surface area contributed by atoms with Crippen molar-refractivity contribution in [3.8, 4) is 11.8 Å². The van der Waals surface area contributed by atoms with Gasteiger partial charge in [-0.15, -0.1) is 0 Å². The van der Waals surface area contributed by atoms with E-state index in [2.05, 4.69) is 9.97 Å². The number of para-hydroxylation sites is 1. The van der Waals surface area contributed by atoms with E-state index in [1.165, 1.54) is 18.2 Å². The summed E-state index contributed by atoms with van der Waals surface area (Å²) >= 11 is 0. The van der Waals surface area contributed by atoms with Gasteiger partial charge in [0.05, 0.1) is 10.9 Å². The summed E-state index contributed by atoms with van der Waals surface area (Å²) in [6.07, 6.45) is 0. The van der Waals surface area contributed by atoms with Gasteiger partial charge in [-0.2, -0.15) is 4.98 Å². The number of hydrogen-bond acceptors (Lipinski definition) is 4. The van der Waals surface area contributed by atoms with Crippen LogP contribution in [0.2, 0.25) is 0 Å². The fraction of sp³-hybridized carbons (Fsp3) is 0. The monoisotopic (exact) mass is 271 g/mol. The van der Waals surface area contributed by atoms with E-state index in [1.54, 1.807) is 24.3 Å². The van der Waals surface area contributed by atoms with Crippen molar-refractivity contribution in [3.63, 3.8) is 0 Å². The quantitative estimate of drug-likeness (QED) is 0.701.